The Morgan fingerprint density at radius 3 is 2.78 bits per heavy atom. The first kappa shape index (κ1) is 12.9. The van der Waals surface area contributed by atoms with E-state index in [4.69, 9.17) is 4.42 Å². The summed E-state index contributed by atoms with van der Waals surface area (Å²) in [6, 6.07) is 9.89. The van der Waals surface area contributed by atoms with Crippen LogP contribution in [0, 0.1) is 11.3 Å². The molecular formula is C16H20O2. The molecule has 2 unspecified atom stereocenters. The molecule has 1 aliphatic carbocycles. The van der Waals surface area contributed by atoms with Crippen LogP contribution in [-0.2, 0) is 0 Å². The summed E-state index contributed by atoms with van der Waals surface area (Å²) in [5.74, 6) is 0.599. The summed E-state index contributed by atoms with van der Waals surface area (Å²) in [5, 5.41) is 12.0. The predicted octanol–water partition coefficient (Wildman–Crippen LogP) is 2.72. The van der Waals surface area contributed by atoms with Crippen molar-refractivity contribution in [3.05, 3.63) is 47.7 Å². The maximum Gasteiger partial charge on any atom is 0.315 e. The Hall–Kier alpha value is -1.57. The van der Waals surface area contributed by atoms with E-state index < -0.39 is 0 Å². The summed E-state index contributed by atoms with van der Waals surface area (Å²) < 4.78 is 5.64. The van der Waals surface area contributed by atoms with Crippen molar-refractivity contribution in [2.75, 3.05) is 6.61 Å². The van der Waals surface area contributed by atoms with Gasteiger partial charge in [-0.2, -0.15) is 0 Å². The Morgan fingerprint density at radius 1 is 1.39 bits per heavy atom. The molecule has 2 heteroatoms. The van der Waals surface area contributed by atoms with Crippen molar-refractivity contribution in [2.45, 2.75) is 26.7 Å². The fourth-order valence-corrected chi connectivity index (χ4v) is 2.32. The fraction of sp³-hybridized carbons (Fsp3) is 0.438. The smallest absolute Gasteiger partial charge is 0.315 e. The number of benzene rings is 1. The van der Waals surface area contributed by atoms with E-state index in [0.29, 0.717) is 12.5 Å². The van der Waals surface area contributed by atoms with Gasteiger partial charge in [0.15, 0.2) is 0 Å². The number of carbonyl (C=O) groups excluding carboxylic acids is 1. The molecule has 2 rings (SSSR count). The molecule has 0 aromatic heterocycles. The van der Waals surface area contributed by atoms with Crippen molar-refractivity contribution in [3.63, 3.8) is 0 Å². The van der Waals surface area contributed by atoms with Crippen molar-refractivity contribution >= 4 is 6.29 Å². The van der Waals surface area contributed by atoms with Gasteiger partial charge in [0.2, 0.25) is 0 Å². The quantitative estimate of drug-likeness (QED) is 0.594. The zero-order valence-corrected chi connectivity index (χ0v) is 11.1. The van der Waals surface area contributed by atoms with Crippen LogP contribution >= 0.6 is 0 Å². The summed E-state index contributed by atoms with van der Waals surface area (Å²) in [6.07, 6.45) is 5.51. The average molecular weight is 244 g/mol. The van der Waals surface area contributed by atoms with E-state index in [1.54, 1.807) is 6.29 Å². The lowest BCUT2D eigenvalue weighted by Gasteiger charge is -2.39. The topological polar surface area (TPSA) is 34.4 Å². The largest absolute Gasteiger partial charge is 0.875 e. The van der Waals surface area contributed by atoms with Crippen molar-refractivity contribution in [2.24, 2.45) is 11.3 Å². The molecule has 0 fully saturated rings. The van der Waals surface area contributed by atoms with Crippen LogP contribution in [0.3, 0.4) is 0 Å². The molecule has 0 saturated carbocycles. The first-order chi connectivity index (χ1) is 8.63. The van der Waals surface area contributed by atoms with E-state index in [0.717, 1.165) is 18.4 Å². The van der Waals surface area contributed by atoms with Gasteiger partial charge in [-0.25, -0.2) is 0 Å². The highest BCUT2D eigenvalue weighted by Crippen LogP contribution is 2.39. The molecule has 18 heavy (non-hydrogen) atoms. The SMILES string of the molecule is CC1CCC=C([O-])C1(C)C[O+]=Cc1ccccc1. The lowest BCUT2D eigenvalue weighted by molar-refractivity contribution is -0.365. The molecule has 0 N–H and O–H groups in total. The molecule has 2 nitrogen and oxygen atoms in total. The van der Waals surface area contributed by atoms with Crippen LogP contribution in [0.4, 0.5) is 0 Å². The first-order valence-corrected chi connectivity index (χ1v) is 6.50. The Morgan fingerprint density at radius 2 is 2.11 bits per heavy atom. The summed E-state index contributed by atoms with van der Waals surface area (Å²) in [7, 11) is 0. The van der Waals surface area contributed by atoms with Gasteiger partial charge >= 0.3 is 6.29 Å². The third-order valence-corrected chi connectivity index (χ3v) is 3.98. The highest BCUT2D eigenvalue weighted by Gasteiger charge is 2.37. The minimum absolute atomic E-state index is 0.225. The van der Waals surface area contributed by atoms with E-state index in [1.807, 2.05) is 43.3 Å². The van der Waals surface area contributed by atoms with Gasteiger partial charge in [0.25, 0.3) is 6.61 Å². The van der Waals surface area contributed by atoms with Crippen LogP contribution < -0.4 is 5.11 Å². The summed E-state index contributed by atoms with van der Waals surface area (Å²) in [4.78, 5) is 0. The standard InChI is InChI=1S/C16H20O2/c1-13-7-6-10-15(17)16(13,2)12-18-11-14-8-4-3-5-9-14/h3-5,8-11,13H,6-7,12H2,1-2H3. The molecule has 0 saturated heterocycles. The van der Waals surface area contributed by atoms with E-state index >= 15 is 0 Å². The average Bonchev–Trinajstić information content (AvgIpc) is 2.38. The van der Waals surface area contributed by atoms with Crippen molar-refractivity contribution in [1.29, 1.82) is 0 Å². The summed E-state index contributed by atoms with van der Waals surface area (Å²) in [6.45, 7) is 4.60. The number of hydrogen-bond donors (Lipinski definition) is 0. The molecule has 0 radical (unpaired) electrons. The highest BCUT2D eigenvalue weighted by atomic mass is 16.4. The normalized spacial score (nSPS) is 28.3. The number of aldehydes is 1. The van der Waals surface area contributed by atoms with Gasteiger partial charge in [-0.05, 0) is 37.8 Å². The van der Waals surface area contributed by atoms with Gasteiger partial charge in [0, 0.05) is 0 Å². The van der Waals surface area contributed by atoms with Gasteiger partial charge in [-0.15, -0.1) is 5.76 Å². The molecule has 1 aromatic rings. The van der Waals surface area contributed by atoms with Crippen LogP contribution in [0.25, 0.3) is 0 Å². The number of allylic oxidation sites excluding steroid dienone is 1. The third kappa shape index (κ3) is 2.63. The number of hydrogen-bond acceptors (Lipinski definition) is 1. The molecule has 0 aliphatic heterocycles. The van der Waals surface area contributed by atoms with Crippen LogP contribution in [0.1, 0.15) is 36.7 Å². The van der Waals surface area contributed by atoms with Crippen molar-refractivity contribution in [3.8, 4) is 0 Å². The zero-order chi connectivity index (χ0) is 13.0. The second-order valence-corrected chi connectivity index (χ2v) is 5.30. The summed E-state index contributed by atoms with van der Waals surface area (Å²) >= 11 is 0. The Bertz CT molecular complexity index is 447. The van der Waals surface area contributed by atoms with E-state index in [9.17, 15) is 5.11 Å². The van der Waals surface area contributed by atoms with Gasteiger partial charge < -0.3 is 5.11 Å². The molecule has 0 amide bonds. The van der Waals surface area contributed by atoms with Crippen LogP contribution in [0.5, 0.6) is 0 Å². The van der Waals surface area contributed by atoms with Gasteiger partial charge in [-0.3, -0.25) is 4.42 Å². The maximum atomic E-state index is 12.0. The monoisotopic (exact) mass is 244 g/mol. The third-order valence-electron chi connectivity index (χ3n) is 3.98. The van der Waals surface area contributed by atoms with Crippen molar-refractivity contribution in [1.82, 2.24) is 0 Å². The van der Waals surface area contributed by atoms with E-state index in [1.165, 1.54) is 0 Å². The minimum Gasteiger partial charge on any atom is -0.875 e. The van der Waals surface area contributed by atoms with Gasteiger partial charge in [0.1, 0.15) is 0 Å². The lowest BCUT2D eigenvalue weighted by Crippen LogP contribution is -2.38. The van der Waals surface area contributed by atoms with Gasteiger partial charge in [-0.1, -0.05) is 31.2 Å². The molecular weight excluding hydrogens is 224 g/mol. The van der Waals surface area contributed by atoms with Crippen LogP contribution in [0.2, 0.25) is 0 Å². The fourth-order valence-electron chi connectivity index (χ4n) is 2.32. The molecule has 1 aromatic carbocycles. The first-order valence-electron chi connectivity index (χ1n) is 6.50. The van der Waals surface area contributed by atoms with E-state index in [2.05, 4.69) is 6.92 Å². The second kappa shape index (κ2) is 5.38. The zero-order valence-electron chi connectivity index (χ0n) is 11.1. The predicted molar refractivity (Wildman–Crippen MR) is 71.3 cm³/mol. The minimum atomic E-state index is -0.371. The highest BCUT2D eigenvalue weighted by molar-refractivity contribution is 5.74. The Balaban J connectivity index is 2.07. The second-order valence-electron chi connectivity index (χ2n) is 5.30. The van der Waals surface area contributed by atoms with Crippen molar-refractivity contribution < 1.29 is 9.53 Å². The van der Waals surface area contributed by atoms with Crippen LogP contribution in [0.15, 0.2) is 42.2 Å². The summed E-state index contributed by atoms with van der Waals surface area (Å²) in [5.41, 5.74) is 0.657. The molecule has 0 heterocycles. The Kier molecular flexibility index (Phi) is 3.85. The molecule has 0 spiro atoms. The van der Waals surface area contributed by atoms with Crippen LogP contribution in [-0.4, -0.2) is 12.9 Å². The van der Waals surface area contributed by atoms with E-state index in [-0.39, 0.29) is 11.2 Å². The molecule has 96 valence electrons. The molecule has 2 atom stereocenters. The Labute approximate surface area is 109 Å². The molecule has 0 bridgehead atoms. The maximum absolute atomic E-state index is 12.0. The lowest BCUT2D eigenvalue weighted by atomic mass is 9.71. The number of rotatable bonds is 3. The molecule has 1 aliphatic rings. The van der Waals surface area contributed by atoms with Gasteiger partial charge in [0.05, 0.1) is 11.0 Å².